The molecule has 1 aromatic carbocycles. The van der Waals surface area contributed by atoms with E-state index in [4.69, 9.17) is 0 Å². The van der Waals surface area contributed by atoms with Crippen molar-refractivity contribution in [1.29, 1.82) is 0 Å². The topological polar surface area (TPSA) is 105 Å². The molecule has 0 unspecified atom stereocenters. The van der Waals surface area contributed by atoms with Crippen molar-refractivity contribution in [3.05, 3.63) is 47.5 Å². The molecule has 3 saturated carbocycles. The molecule has 0 atom stereocenters. The van der Waals surface area contributed by atoms with Gasteiger partial charge in [-0.3, -0.25) is 14.3 Å². The summed E-state index contributed by atoms with van der Waals surface area (Å²) < 4.78 is 51.9. The van der Waals surface area contributed by atoms with E-state index in [2.05, 4.69) is 25.7 Å². The number of carbonyl (C=O) groups is 2. The molecule has 0 bridgehead atoms. The van der Waals surface area contributed by atoms with Gasteiger partial charge < -0.3 is 15.6 Å². The first kappa shape index (κ1) is 32.5. The van der Waals surface area contributed by atoms with Crippen molar-refractivity contribution in [2.45, 2.75) is 115 Å². The van der Waals surface area contributed by atoms with Gasteiger partial charge in [-0.2, -0.15) is 5.10 Å². The lowest BCUT2D eigenvalue weighted by molar-refractivity contribution is -0.133. The van der Waals surface area contributed by atoms with Crippen molar-refractivity contribution < 1.29 is 27.2 Å². The summed E-state index contributed by atoms with van der Waals surface area (Å²) in [7, 11) is 0. The minimum atomic E-state index is -2.61. The second-order valence-electron chi connectivity index (χ2n) is 12.1. The van der Waals surface area contributed by atoms with Crippen molar-refractivity contribution in [1.82, 2.24) is 30.4 Å². The molecule has 43 heavy (non-hydrogen) atoms. The number of benzene rings is 1. The van der Waals surface area contributed by atoms with Gasteiger partial charge in [-0.05, 0) is 56.4 Å². The molecule has 3 aliphatic rings. The summed E-state index contributed by atoms with van der Waals surface area (Å²) in [5, 5.41) is 9.79. The van der Waals surface area contributed by atoms with Crippen LogP contribution in [-0.2, 0) is 17.9 Å². The highest BCUT2D eigenvalue weighted by atomic mass is 19.3. The van der Waals surface area contributed by atoms with Crippen LogP contribution in [0.25, 0.3) is 11.0 Å². The summed E-state index contributed by atoms with van der Waals surface area (Å²) in [6, 6.07) is 7.30. The number of alkyl halides is 4. The van der Waals surface area contributed by atoms with Gasteiger partial charge in [-0.15, -0.1) is 0 Å². The quantitative estimate of drug-likeness (QED) is 0.238. The summed E-state index contributed by atoms with van der Waals surface area (Å²) in [5.41, 5.74) is 2.88. The SMILES string of the molecule is C1CC1.CC(C)n1nccc1C(=O)NCc1nc2ccc(CNC(=O)CC3CC(F)(F)C3)cc2[nH]1.FC1(F)CCCCC1. The Balaban J connectivity index is 0.000000321. The van der Waals surface area contributed by atoms with Crippen LogP contribution >= 0.6 is 0 Å². The van der Waals surface area contributed by atoms with Gasteiger partial charge in [0.25, 0.3) is 5.91 Å². The number of hydrogen-bond donors (Lipinski definition) is 3. The van der Waals surface area contributed by atoms with E-state index in [-0.39, 0.29) is 62.4 Å². The predicted octanol–water partition coefficient (Wildman–Crippen LogP) is 7.08. The Morgan fingerprint density at radius 2 is 1.63 bits per heavy atom. The van der Waals surface area contributed by atoms with Gasteiger partial charge in [-0.25, -0.2) is 22.5 Å². The van der Waals surface area contributed by atoms with Crippen molar-refractivity contribution >= 4 is 22.8 Å². The Hall–Kier alpha value is -3.44. The van der Waals surface area contributed by atoms with Crippen LogP contribution in [0.15, 0.2) is 30.5 Å². The van der Waals surface area contributed by atoms with Gasteiger partial charge in [0.15, 0.2) is 0 Å². The van der Waals surface area contributed by atoms with Crippen molar-refractivity contribution in [2.75, 3.05) is 0 Å². The van der Waals surface area contributed by atoms with Crippen LogP contribution < -0.4 is 10.6 Å². The molecular formula is C31H42F4N6O2. The highest BCUT2D eigenvalue weighted by molar-refractivity contribution is 5.92. The molecule has 2 amide bonds. The van der Waals surface area contributed by atoms with Gasteiger partial charge in [0, 0.05) is 50.9 Å². The highest BCUT2D eigenvalue weighted by Crippen LogP contribution is 2.43. The molecule has 2 heterocycles. The first-order chi connectivity index (χ1) is 20.4. The van der Waals surface area contributed by atoms with E-state index in [1.165, 1.54) is 19.3 Å². The summed E-state index contributed by atoms with van der Waals surface area (Å²) in [6.07, 6.45) is 8.47. The van der Waals surface area contributed by atoms with Gasteiger partial charge in [0.2, 0.25) is 17.8 Å². The Bertz CT molecular complexity index is 1350. The second-order valence-corrected chi connectivity index (χ2v) is 12.1. The minimum absolute atomic E-state index is 0.0746. The molecule has 0 spiro atoms. The van der Waals surface area contributed by atoms with Crippen molar-refractivity contribution in [3.63, 3.8) is 0 Å². The number of nitrogens with zero attached hydrogens (tertiary/aromatic N) is 3. The molecule has 3 N–H and O–H groups in total. The van der Waals surface area contributed by atoms with E-state index in [9.17, 15) is 27.2 Å². The summed E-state index contributed by atoms with van der Waals surface area (Å²) in [5.74, 6) is -5.02. The molecule has 3 fully saturated rings. The van der Waals surface area contributed by atoms with Crippen LogP contribution in [-0.4, -0.2) is 43.4 Å². The van der Waals surface area contributed by atoms with Gasteiger partial charge in [0.05, 0.1) is 17.6 Å². The van der Waals surface area contributed by atoms with E-state index in [0.717, 1.165) is 23.0 Å². The maximum absolute atomic E-state index is 12.9. The number of aromatic amines is 1. The van der Waals surface area contributed by atoms with Crippen molar-refractivity contribution in [2.24, 2.45) is 5.92 Å². The molecule has 8 nitrogen and oxygen atoms in total. The zero-order valence-electron chi connectivity index (χ0n) is 24.9. The number of halogens is 4. The molecule has 236 valence electrons. The minimum Gasteiger partial charge on any atom is -0.352 e. The molecule has 3 aliphatic carbocycles. The Morgan fingerprint density at radius 3 is 2.21 bits per heavy atom. The van der Waals surface area contributed by atoms with Crippen LogP contribution in [0.4, 0.5) is 17.6 Å². The highest BCUT2D eigenvalue weighted by Gasteiger charge is 2.45. The third kappa shape index (κ3) is 10.4. The predicted molar refractivity (Wildman–Crippen MR) is 156 cm³/mol. The summed E-state index contributed by atoms with van der Waals surface area (Å²) in [6.45, 7) is 4.45. The zero-order chi connectivity index (χ0) is 31.0. The average Bonchev–Trinajstić information content (AvgIpc) is 3.62. The molecule has 2 aromatic heterocycles. The van der Waals surface area contributed by atoms with E-state index < -0.39 is 11.8 Å². The fourth-order valence-electron chi connectivity index (χ4n) is 5.00. The van der Waals surface area contributed by atoms with Crippen LogP contribution in [0, 0.1) is 5.92 Å². The summed E-state index contributed by atoms with van der Waals surface area (Å²) in [4.78, 5) is 32.1. The molecule has 0 aliphatic heterocycles. The lowest BCUT2D eigenvalue weighted by Crippen LogP contribution is -2.38. The zero-order valence-corrected chi connectivity index (χ0v) is 24.9. The normalized spacial score (nSPS) is 18.5. The lowest BCUT2D eigenvalue weighted by Gasteiger charge is -2.34. The number of rotatable bonds is 8. The first-order valence-corrected chi connectivity index (χ1v) is 15.2. The van der Waals surface area contributed by atoms with Crippen LogP contribution in [0.2, 0.25) is 0 Å². The molecule has 3 aromatic rings. The van der Waals surface area contributed by atoms with Gasteiger partial charge in [-0.1, -0.05) is 31.7 Å². The number of H-pyrrole nitrogens is 1. The van der Waals surface area contributed by atoms with Crippen LogP contribution in [0.3, 0.4) is 0 Å². The number of amides is 2. The van der Waals surface area contributed by atoms with Gasteiger partial charge in [0.1, 0.15) is 11.5 Å². The fraction of sp³-hybridized carbons (Fsp3) is 0.613. The third-order valence-corrected chi connectivity index (χ3v) is 7.48. The first-order valence-electron chi connectivity index (χ1n) is 15.2. The lowest BCUT2D eigenvalue weighted by atomic mass is 9.79. The number of imidazole rings is 1. The Morgan fingerprint density at radius 1 is 0.953 bits per heavy atom. The number of hydrogen-bond acceptors (Lipinski definition) is 4. The monoisotopic (exact) mass is 606 g/mol. The Labute approximate surface area is 249 Å². The summed E-state index contributed by atoms with van der Waals surface area (Å²) >= 11 is 0. The van der Waals surface area contributed by atoms with E-state index in [1.807, 2.05) is 32.0 Å². The van der Waals surface area contributed by atoms with E-state index >= 15 is 0 Å². The maximum atomic E-state index is 12.9. The van der Waals surface area contributed by atoms with Crippen LogP contribution in [0.1, 0.15) is 112 Å². The van der Waals surface area contributed by atoms with E-state index in [0.29, 0.717) is 30.9 Å². The molecule has 0 radical (unpaired) electrons. The standard InChI is InChI=1S/C22H26F2N6O2.C6H10F2.C3H6/c1-13(2)30-18(5-6-27-30)21(32)26-12-19-28-16-4-3-14(7-17(16)29-19)11-25-20(31)8-15-9-22(23,24)10-15;7-6(8)4-2-1-3-5-6;1-2-3-1/h3-7,13,15H,8-12H2,1-2H3,(H,25,31)(H,26,32)(H,28,29);1-5H2;1-3H2. The molecular weight excluding hydrogens is 564 g/mol. The smallest absolute Gasteiger partial charge is 0.269 e. The largest absolute Gasteiger partial charge is 0.352 e. The molecule has 0 saturated heterocycles. The fourth-order valence-corrected chi connectivity index (χ4v) is 5.00. The molecule has 6 rings (SSSR count). The Kier molecular flexibility index (Phi) is 10.8. The van der Waals surface area contributed by atoms with Crippen LogP contribution in [0.5, 0.6) is 0 Å². The number of aromatic nitrogens is 4. The van der Waals surface area contributed by atoms with E-state index in [1.54, 1.807) is 16.9 Å². The second kappa shape index (κ2) is 14.4. The van der Waals surface area contributed by atoms with Crippen molar-refractivity contribution in [3.8, 4) is 0 Å². The van der Waals surface area contributed by atoms with Gasteiger partial charge >= 0.3 is 0 Å². The number of fused-ring (bicyclic) bond motifs is 1. The number of carbonyl (C=O) groups excluding carboxylic acids is 2. The average molecular weight is 607 g/mol. The maximum Gasteiger partial charge on any atom is 0.269 e. The third-order valence-electron chi connectivity index (χ3n) is 7.48. The number of nitrogens with one attached hydrogen (secondary N) is 3. The molecule has 12 heteroatoms.